The summed E-state index contributed by atoms with van der Waals surface area (Å²) >= 11 is 0. The van der Waals surface area contributed by atoms with Gasteiger partial charge in [-0.3, -0.25) is 13.9 Å². The number of amides is 2. The molecule has 4 rings (SSSR count). The van der Waals surface area contributed by atoms with Crippen LogP contribution in [0, 0.1) is 6.92 Å². The fourth-order valence-electron chi connectivity index (χ4n) is 4.13. The highest BCUT2D eigenvalue weighted by Crippen LogP contribution is 2.23. The first-order chi connectivity index (χ1) is 17.7. The van der Waals surface area contributed by atoms with Crippen LogP contribution in [0.15, 0.2) is 72.8 Å². The van der Waals surface area contributed by atoms with E-state index in [1.165, 1.54) is 4.31 Å². The molecule has 3 aromatic carbocycles. The van der Waals surface area contributed by atoms with Crippen molar-refractivity contribution >= 4 is 33.2 Å². The molecular formula is C28H31N3O5S. The number of ether oxygens (including phenoxy) is 1. The lowest BCUT2D eigenvalue weighted by Gasteiger charge is -2.23. The molecule has 1 aliphatic rings. The zero-order valence-corrected chi connectivity index (χ0v) is 21.8. The van der Waals surface area contributed by atoms with Gasteiger partial charge < -0.3 is 15.4 Å². The van der Waals surface area contributed by atoms with Gasteiger partial charge in [0.15, 0.2) is 0 Å². The summed E-state index contributed by atoms with van der Waals surface area (Å²) in [7, 11) is -3.56. The Balaban J connectivity index is 1.46. The van der Waals surface area contributed by atoms with Crippen LogP contribution in [0.1, 0.15) is 44.7 Å². The standard InChI is InChI=1S/C28H31N3O5S/c1-20-9-11-21(12-10-20)19-31(37(2,34)35)23-15-13-22(14-16-23)27(32)30-26-8-4-3-7-25(26)28(33)29-18-24-6-5-17-36-24/h3-4,7-16,24H,5-6,17-19H2,1-2H3,(H,29,33)(H,30,32)/t24-/m1/s1. The highest BCUT2D eigenvalue weighted by Gasteiger charge is 2.20. The number of hydrogen-bond acceptors (Lipinski definition) is 5. The van der Waals surface area contributed by atoms with Gasteiger partial charge in [-0.25, -0.2) is 8.42 Å². The highest BCUT2D eigenvalue weighted by atomic mass is 32.2. The van der Waals surface area contributed by atoms with Crippen LogP contribution in [0.4, 0.5) is 11.4 Å². The molecule has 1 heterocycles. The topological polar surface area (TPSA) is 105 Å². The Morgan fingerprint density at radius 2 is 1.68 bits per heavy atom. The van der Waals surface area contributed by atoms with Crippen molar-refractivity contribution in [1.82, 2.24) is 5.32 Å². The molecule has 8 nitrogen and oxygen atoms in total. The fourth-order valence-corrected chi connectivity index (χ4v) is 5.02. The zero-order valence-electron chi connectivity index (χ0n) is 20.9. The Hall–Kier alpha value is -3.69. The van der Waals surface area contributed by atoms with Crippen molar-refractivity contribution < 1.29 is 22.7 Å². The van der Waals surface area contributed by atoms with Crippen LogP contribution in [0.5, 0.6) is 0 Å². The van der Waals surface area contributed by atoms with E-state index in [0.29, 0.717) is 35.7 Å². The summed E-state index contributed by atoms with van der Waals surface area (Å²) in [5.41, 5.74) is 3.47. The normalized spacial score (nSPS) is 15.2. The first kappa shape index (κ1) is 26.4. The lowest BCUT2D eigenvalue weighted by Crippen LogP contribution is -2.32. The van der Waals surface area contributed by atoms with Gasteiger partial charge in [0.2, 0.25) is 10.0 Å². The van der Waals surface area contributed by atoms with Gasteiger partial charge >= 0.3 is 0 Å². The predicted molar refractivity (Wildman–Crippen MR) is 144 cm³/mol. The van der Waals surface area contributed by atoms with Crippen molar-refractivity contribution in [2.75, 3.05) is 29.0 Å². The second-order valence-electron chi connectivity index (χ2n) is 9.15. The number of benzene rings is 3. The van der Waals surface area contributed by atoms with E-state index in [1.807, 2.05) is 31.2 Å². The predicted octanol–water partition coefficient (Wildman–Crippen LogP) is 4.12. The minimum Gasteiger partial charge on any atom is -0.376 e. The van der Waals surface area contributed by atoms with Crippen LogP contribution in [0.25, 0.3) is 0 Å². The molecule has 9 heteroatoms. The molecule has 1 aliphatic heterocycles. The summed E-state index contributed by atoms with van der Waals surface area (Å²) in [4.78, 5) is 25.7. The van der Waals surface area contributed by atoms with Crippen LogP contribution in [-0.4, -0.2) is 45.7 Å². The largest absolute Gasteiger partial charge is 0.376 e. The molecule has 0 unspecified atom stereocenters. The lowest BCUT2D eigenvalue weighted by atomic mass is 10.1. The van der Waals surface area contributed by atoms with E-state index in [2.05, 4.69) is 10.6 Å². The molecule has 194 valence electrons. The van der Waals surface area contributed by atoms with Gasteiger partial charge in [-0.15, -0.1) is 0 Å². The van der Waals surface area contributed by atoms with Crippen molar-refractivity contribution in [3.63, 3.8) is 0 Å². The van der Waals surface area contributed by atoms with Gasteiger partial charge in [-0.2, -0.15) is 0 Å². The van der Waals surface area contributed by atoms with Gasteiger partial charge in [0.25, 0.3) is 11.8 Å². The molecular weight excluding hydrogens is 490 g/mol. The Labute approximate surface area is 217 Å². The lowest BCUT2D eigenvalue weighted by molar-refractivity contribution is 0.0858. The van der Waals surface area contributed by atoms with E-state index in [0.717, 1.165) is 30.2 Å². The third kappa shape index (κ3) is 6.96. The first-order valence-electron chi connectivity index (χ1n) is 12.1. The third-order valence-corrected chi connectivity index (χ3v) is 7.34. The minimum absolute atomic E-state index is 0.0155. The van der Waals surface area contributed by atoms with E-state index in [1.54, 1.807) is 48.5 Å². The average molecular weight is 522 g/mol. The van der Waals surface area contributed by atoms with Crippen LogP contribution in [-0.2, 0) is 21.3 Å². The maximum absolute atomic E-state index is 13.0. The molecule has 2 amide bonds. The summed E-state index contributed by atoms with van der Waals surface area (Å²) in [6, 6.07) is 20.8. The minimum atomic E-state index is -3.56. The van der Waals surface area contributed by atoms with E-state index >= 15 is 0 Å². The van der Waals surface area contributed by atoms with Crippen molar-refractivity contribution in [2.24, 2.45) is 0 Å². The monoisotopic (exact) mass is 521 g/mol. The number of hydrogen-bond donors (Lipinski definition) is 2. The molecule has 2 N–H and O–H groups in total. The number of carbonyl (C=O) groups is 2. The maximum Gasteiger partial charge on any atom is 0.255 e. The molecule has 0 aliphatic carbocycles. The third-order valence-electron chi connectivity index (χ3n) is 6.20. The number of para-hydroxylation sites is 1. The van der Waals surface area contributed by atoms with E-state index in [-0.39, 0.29) is 18.6 Å². The molecule has 0 aromatic heterocycles. The smallest absolute Gasteiger partial charge is 0.255 e. The molecule has 0 saturated carbocycles. The number of sulfonamides is 1. The van der Waals surface area contributed by atoms with Gasteiger partial charge in [0.1, 0.15) is 0 Å². The maximum atomic E-state index is 13.0. The van der Waals surface area contributed by atoms with Gasteiger partial charge in [-0.05, 0) is 61.7 Å². The van der Waals surface area contributed by atoms with E-state index < -0.39 is 15.9 Å². The van der Waals surface area contributed by atoms with Gasteiger partial charge in [-0.1, -0.05) is 42.0 Å². The number of nitrogens with zero attached hydrogens (tertiary/aromatic N) is 1. The van der Waals surface area contributed by atoms with Crippen LogP contribution in [0.2, 0.25) is 0 Å². The van der Waals surface area contributed by atoms with Crippen molar-refractivity contribution in [2.45, 2.75) is 32.4 Å². The molecule has 1 saturated heterocycles. The molecule has 0 radical (unpaired) electrons. The summed E-state index contributed by atoms with van der Waals surface area (Å²) in [5.74, 6) is -0.697. The Kier molecular flexibility index (Phi) is 8.25. The summed E-state index contributed by atoms with van der Waals surface area (Å²) in [6.07, 6.45) is 3.07. The second kappa shape index (κ2) is 11.6. The van der Waals surface area contributed by atoms with Crippen LogP contribution >= 0.6 is 0 Å². The van der Waals surface area contributed by atoms with Crippen molar-refractivity contribution in [3.8, 4) is 0 Å². The quantitative estimate of drug-likeness (QED) is 0.441. The first-order valence-corrected chi connectivity index (χ1v) is 14.0. The molecule has 0 bridgehead atoms. The summed E-state index contributed by atoms with van der Waals surface area (Å²) in [6.45, 7) is 3.28. The van der Waals surface area contributed by atoms with E-state index in [9.17, 15) is 18.0 Å². The zero-order chi connectivity index (χ0) is 26.4. The SMILES string of the molecule is Cc1ccc(CN(c2ccc(C(=O)Nc3ccccc3C(=O)NC[C@H]3CCCO3)cc2)S(C)(=O)=O)cc1. The van der Waals surface area contributed by atoms with E-state index in [4.69, 9.17) is 4.74 Å². The Morgan fingerprint density at radius 3 is 2.32 bits per heavy atom. The molecule has 3 aromatic rings. The number of aryl methyl sites for hydroxylation is 1. The molecule has 1 fully saturated rings. The summed E-state index contributed by atoms with van der Waals surface area (Å²) in [5, 5.41) is 5.67. The molecule has 0 spiro atoms. The molecule has 1 atom stereocenters. The van der Waals surface area contributed by atoms with Gasteiger partial charge in [0, 0.05) is 18.7 Å². The molecule has 37 heavy (non-hydrogen) atoms. The van der Waals surface area contributed by atoms with Crippen molar-refractivity contribution in [3.05, 3.63) is 95.1 Å². The Bertz CT molecular complexity index is 1350. The fraction of sp³-hybridized carbons (Fsp3) is 0.286. The highest BCUT2D eigenvalue weighted by molar-refractivity contribution is 7.92. The second-order valence-corrected chi connectivity index (χ2v) is 11.1. The van der Waals surface area contributed by atoms with Crippen LogP contribution < -0.4 is 14.9 Å². The number of nitrogens with one attached hydrogen (secondary N) is 2. The summed E-state index contributed by atoms with van der Waals surface area (Å²) < 4.78 is 31.9. The number of rotatable bonds is 9. The van der Waals surface area contributed by atoms with Crippen LogP contribution in [0.3, 0.4) is 0 Å². The Morgan fingerprint density at radius 1 is 0.973 bits per heavy atom. The van der Waals surface area contributed by atoms with Crippen molar-refractivity contribution in [1.29, 1.82) is 0 Å². The average Bonchev–Trinajstić information content (AvgIpc) is 3.40. The van der Waals surface area contributed by atoms with Gasteiger partial charge in [0.05, 0.1) is 35.8 Å². The number of anilines is 2. The number of carbonyl (C=O) groups excluding carboxylic acids is 2.